The monoisotopic (exact) mass is 302 g/mol. The lowest BCUT2D eigenvalue weighted by Crippen LogP contribution is -2.24. The molecule has 0 saturated heterocycles. The molecular formula is C18H14N4O. The Labute approximate surface area is 134 Å². The van der Waals surface area contributed by atoms with Crippen LogP contribution in [0.4, 0.5) is 0 Å². The van der Waals surface area contributed by atoms with Crippen molar-refractivity contribution in [2.45, 2.75) is 0 Å². The second-order valence-electron chi connectivity index (χ2n) is 4.71. The predicted molar refractivity (Wildman–Crippen MR) is 87.0 cm³/mol. The van der Waals surface area contributed by atoms with Gasteiger partial charge in [0, 0.05) is 5.56 Å². The fourth-order valence-electron chi connectivity index (χ4n) is 1.94. The first-order valence-corrected chi connectivity index (χ1v) is 7.13. The van der Waals surface area contributed by atoms with Gasteiger partial charge in [0.25, 0.3) is 5.91 Å². The third-order valence-corrected chi connectivity index (χ3v) is 3.06. The summed E-state index contributed by atoms with van der Waals surface area (Å²) < 4.78 is 0. The van der Waals surface area contributed by atoms with Crippen LogP contribution in [-0.2, 0) is 0 Å². The molecule has 1 N–H and O–H groups in total. The summed E-state index contributed by atoms with van der Waals surface area (Å²) in [6.07, 6.45) is 1.44. The van der Waals surface area contributed by atoms with E-state index in [-0.39, 0.29) is 18.1 Å². The molecule has 1 heterocycles. The topological polar surface area (TPSA) is 59.8 Å². The van der Waals surface area contributed by atoms with Crippen molar-refractivity contribution in [3.05, 3.63) is 78.1 Å². The Morgan fingerprint density at radius 3 is 2.48 bits per heavy atom. The average molecular weight is 302 g/mol. The fraction of sp³-hybridized carbons (Fsp3) is 0.0556. The van der Waals surface area contributed by atoms with Crippen LogP contribution in [0.5, 0.6) is 0 Å². The highest BCUT2D eigenvalue weighted by Gasteiger charge is 2.10. The molecule has 112 valence electrons. The van der Waals surface area contributed by atoms with Crippen LogP contribution < -0.4 is 5.32 Å². The lowest BCUT2D eigenvalue weighted by Gasteiger charge is -1.98. The SMILES string of the molecule is O=C(NCC#Cc1ccccc1)c1cnn(-c2ccccc2)n1. The number of hydrogen-bond donors (Lipinski definition) is 1. The van der Waals surface area contributed by atoms with E-state index in [0.717, 1.165) is 11.3 Å². The van der Waals surface area contributed by atoms with E-state index in [2.05, 4.69) is 27.4 Å². The number of aromatic nitrogens is 3. The summed E-state index contributed by atoms with van der Waals surface area (Å²) in [6, 6.07) is 19.0. The number of carbonyl (C=O) groups excluding carboxylic acids is 1. The van der Waals surface area contributed by atoms with E-state index in [9.17, 15) is 4.79 Å². The lowest BCUT2D eigenvalue weighted by molar-refractivity contribution is 0.0953. The maximum Gasteiger partial charge on any atom is 0.274 e. The molecule has 0 aliphatic heterocycles. The second kappa shape index (κ2) is 7.05. The molecule has 3 aromatic rings. The van der Waals surface area contributed by atoms with Crippen molar-refractivity contribution in [3.63, 3.8) is 0 Å². The molecule has 0 atom stereocenters. The number of benzene rings is 2. The fourth-order valence-corrected chi connectivity index (χ4v) is 1.94. The lowest BCUT2D eigenvalue weighted by atomic mass is 10.2. The van der Waals surface area contributed by atoms with Gasteiger partial charge in [0.05, 0.1) is 18.4 Å². The van der Waals surface area contributed by atoms with Crippen molar-refractivity contribution >= 4 is 5.91 Å². The Kier molecular flexibility index (Phi) is 4.46. The number of carbonyl (C=O) groups is 1. The predicted octanol–water partition coefficient (Wildman–Crippen LogP) is 2.05. The van der Waals surface area contributed by atoms with Gasteiger partial charge in [-0.2, -0.15) is 9.90 Å². The number of nitrogens with one attached hydrogen (secondary N) is 1. The van der Waals surface area contributed by atoms with E-state index < -0.39 is 0 Å². The van der Waals surface area contributed by atoms with Crippen LogP contribution in [0.2, 0.25) is 0 Å². The van der Waals surface area contributed by atoms with Gasteiger partial charge in [-0.05, 0) is 24.3 Å². The highest BCUT2D eigenvalue weighted by Crippen LogP contribution is 2.04. The van der Waals surface area contributed by atoms with E-state index in [0.29, 0.717) is 0 Å². The molecule has 23 heavy (non-hydrogen) atoms. The van der Waals surface area contributed by atoms with Gasteiger partial charge in [-0.3, -0.25) is 4.79 Å². The number of nitrogens with zero attached hydrogens (tertiary/aromatic N) is 3. The molecule has 0 saturated carbocycles. The van der Waals surface area contributed by atoms with Crippen molar-refractivity contribution in [2.24, 2.45) is 0 Å². The van der Waals surface area contributed by atoms with Crippen molar-refractivity contribution < 1.29 is 4.79 Å². The molecule has 5 heteroatoms. The highest BCUT2D eigenvalue weighted by molar-refractivity contribution is 5.92. The van der Waals surface area contributed by atoms with Crippen molar-refractivity contribution in [1.82, 2.24) is 20.3 Å². The average Bonchev–Trinajstić information content (AvgIpc) is 3.10. The van der Waals surface area contributed by atoms with E-state index in [1.54, 1.807) is 0 Å². The van der Waals surface area contributed by atoms with Crippen LogP contribution in [-0.4, -0.2) is 27.4 Å². The zero-order chi connectivity index (χ0) is 15.9. The van der Waals surface area contributed by atoms with Gasteiger partial charge in [0.15, 0.2) is 5.69 Å². The molecule has 0 unspecified atom stereocenters. The Hall–Kier alpha value is -3.39. The Morgan fingerprint density at radius 2 is 1.74 bits per heavy atom. The summed E-state index contributed by atoms with van der Waals surface area (Å²) in [5.41, 5.74) is 1.97. The molecule has 1 amide bonds. The Morgan fingerprint density at radius 1 is 1.04 bits per heavy atom. The standard InChI is InChI=1S/C18H14N4O/c23-18(19-13-7-10-15-8-3-1-4-9-15)17-14-20-22(21-17)16-11-5-2-6-12-16/h1-6,8-9,11-12,14H,13H2,(H,19,23). The molecule has 0 spiro atoms. The van der Waals surface area contributed by atoms with E-state index in [4.69, 9.17) is 0 Å². The molecule has 0 aliphatic rings. The molecular weight excluding hydrogens is 288 g/mol. The molecule has 3 rings (SSSR count). The van der Waals surface area contributed by atoms with Gasteiger partial charge in [0.2, 0.25) is 0 Å². The summed E-state index contributed by atoms with van der Waals surface area (Å²) in [4.78, 5) is 13.4. The van der Waals surface area contributed by atoms with Gasteiger partial charge in [-0.25, -0.2) is 0 Å². The van der Waals surface area contributed by atoms with Gasteiger partial charge in [0.1, 0.15) is 0 Å². The van der Waals surface area contributed by atoms with Gasteiger partial charge < -0.3 is 5.32 Å². The molecule has 0 aliphatic carbocycles. The first-order valence-electron chi connectivity index (χ1n) is 7.13. The first kappa shape index (κ1) is 14.5. The summed E-state index contributed by atoms with van der Waals surface area (Å²) in [5, 5.41) is 11.0. The summed E-state index contributed by atoms with van der Waals surface area (Å²) in [7, 11) is 0. The normalized spacial score (nSPS) is 9.74. The number of hydrogen-bond acceptors (Lipinski definition) is 3. The van der Waals surface area contributed by atoms with Crippen LogP contribution in [0.1, 0.15) is 16.1 Å². The zero-order valence-corrected chi connectivity index (χ0v) is 12.3. The zero-order valence-electron chi connectivity index (χ0n) is 12.3. The number of amides is 1. The first-order chi connectivity index (χ1) is 11.3. The quantitative estimate of drug-likeness (QED) is 0.753. The third-order valence-electron chi connectivity index (χ3n) is 3.06. The van der Waals surface area contributed by atoms with Crippen molar-refractivity contribution in [2.75, 3.05) is 6.54 Å². The molecule has 0 radical (unpaired) electrons. The van der Waals surface area contributed by atoms with Crippen LogP contribution >= 0.6 is 0 Å². The van der Waals surface area contributed by atoms with Crippen molar-refractivity contribution in [3.8, 4) is 17.5 Å². The summed E-state index contributed by atoms with van der Waals surface area (Å²) in [6.45, 7) is 0.256. The summed E-state index contributed by atoms with van der Waals surface area (Å²) >= 11 is 0. The molecule has 0 fully saturated rings. The van der Waals surface area contributed by atoms with Crippen LogP contribution in [0, 0.1) is 11.8 Å². The van der Waals surface area contributed by atoms with Crippen LogP contribution in [0.3, 0.4) is 0 Å². The molecule has 1 aromatic heterocycles. The minimum absolute atomic E-state index is 0.256. The van der Waals surface area contributed by atoms with Gasteiger partial charge in [-0.1, -0.05) is 48.2 Å². The highest BCUT2D eigenvalue weighted by atomic mass is 16.2. The minimum atomic E-state index is -0.297. The molecule has 5 nitrogen and oxygen atoms in total. The van der Waals surface area contributed by atoms with Gasteiger partial charge >= 0.3 is 0 Å². The summed E-state index contributed by atoms with van der Waals surface area (Å²) in [5.74, 6) is 5.58. The third kappa shape index (κ3) is 3.83. The smallest absolute Gasteiger partial charge is 0.274 e. The molecule has 0 bridgehead atoms. The largest absolute Gasteiger partial charge is 0.340 e. The van der Waals surface area contributed by atoms with Crippen molar-refractivity contribution in [1.29, 1.82) is 0 Å². The Balaban J connectivity index is 1.59. The van der Waals surface area contributed by atoms with Crippen LogP contribution in [0.25, 0.3) is 5.69 Å². The maximum atomic E-state index is 12.0. The minimum Gasteiger partial charge on any atom is -0.340 e. The van der Waals surface area contributed by atoms with Crippen LogP contribution in [0.15, 0.2) is 66.9 Å². The maximum absolute atomic E-state index is 12.0. The van der Waals surface area contributed by atoms with E-state index in [1.807, 2.05) is 60.7 Å². The second-order valence-corrected chi connectivity index (χ2v) is 4.71. The van der Waals surface area contributed by atoms with E-state index >= 15 is 0 Å². The molecule has 2 aromatic carbocycles. The van der Waals surface area contributed by atoms with E-state index in [1.165, 1.54) is 11.0 Å². The Bertz CT molecular complexity index is 845. The van der Waals surface area contributed by atoms with Gasteiger partial charge in [-0.15, -0.1) is 5.10 Å². The number of para-hydroxylation sites is 1. The number of rotatable bonds is 3.